The number of benzene rings is 1. The van der Waals surface area contributed by atoms with Gasteiger partial charge in [-0.2, -0.15) is 5.10 Å². The summed E-state index contributed by atoms with van der Waals surface area (Å²) in [5.41, 5.74) is 2.85. The van der Waals surface area contributed by atoms with Crippen LogP contribution >= 0.6 is 11.8 Å². The Morgan fingerprint density at radius 2 is 2.04 bits per heavy atom. The minimum Gasteiger partial charge on any atom is -0.497 e. The first-order valence-corrected chi connectivity index (χ1v) is 9.37. The van der Waals surface area contributed by atoms with Crippen molar-refractivity contribution in [1.29, 1.82) is 0 Å². The van der Waals surface area contributed by atoms with Gasteiger partial charge in [-0.15, -0.1) is 10.2 Å². The Hall–Kier alpha value is -2.81. The summed E-state index contributed by atoms with van der Waals surface area (Å²) < 4.78 is 12.3. The van der Waals surface area contributed by atoms with E-state index in [0.29, 0.717) is 11.1 Å². The Kier molecular flexibility index (Phi) is 5.80. The molecule has 0 aliphatic carbocycles. The van der Waals surface area contributed by atoms with Gasteiger partial charge >= 0.3 is 0 Å². The molecule has 9 heteroatoms. The molecule has 1 N–H and O–H groups in total. The molecule has 8 nitrogen and oxygen atoms in total. The van der Waals surface area contributed by atoms with E-state index < -0.39 is 0 Å². The number of amides is 1. The standard InChI is InChI=1S/C18H21N5O3S/c1-11(20-17(24)10-27-18-22-21-13(3)26-18)16-9-19-23(12(16)2)14-5-7-15(25-4)8-6-14/h5-9,11H,10H2,1-4H3,(H,20,24). The van der Waals surface area contributed by atoms with Crippen LogP contribution in [0.5, 0.6) is 5.75 Å². The summed E-state index contributed by atoms with van der Waals surface area (Å²) in [7, 11) is 1.63. The molecule has 0 saturated carbocycles. The van der Waals surface area contributed by atoms with Crippen LogP contribution in [0.25, 0.3) is 5.69 Å². The zero-order valence-corrected chi connectivity index (χ0v) is 16.4. The van der Waals surface area contributed by atoms with Crippen LogP contribution in [-0.2, 0) is 4.79 Å². The van der Waals surface area contributed by atoms with Crippen molar-refractivity contribution in [2.24, 2.45) is 0 Å². The third-order valence-electron chi connectivity index (χ3n) is 4.04. The molecule has 2 aromatic heterocycles. The summed E-state index contributed by atoms with van der Waals surface area (Å²) >= 11 is 1.21. The minimum absolute atomic E-state index is 0.111. The molecule has 0 aliphatic rings. The molecule has 0 fully saturated rings. The van der Waals surface area contributed by atoms with Gasteiger partial charge in [-0.3, -0.25) is 4.79 Å². The number of hydrogen-bond donors (Lipinski definition) is 1. The van der Waals surface area contributed by atoms with Crippen LogP contribution < -0.4 is 10.1 Å². The lowest BCUT2D eigenvalue weighted by atomic mass is 10.1. The molecule has 0 saturated heterocycles. The van der Waals surface area contributed by atoms with Crippen molar-refractivity contribution >= 4 is 17.7 Å². The Balaban J connectivity index is 1.63. The maximum absolute atomic E-state index is 12.2. The number of aromatic nitrogens is 4. The Bertz CT molecular complexity index is 919. The van der Waals surface area contributed by atoms with Crippen molar-refractivity contribution < 1.29 is 13.9 Å². The maximum Gasteiger partial charge on any atom is 0.277 e. The van der Waals surface area contributed by atoms with E-state index in [0.717, 1.165) is 22.7 Å². The van der Waals surface area contributed by atoms with Crippen molar-refractivity contribution in [3.05, 3.63) is 47.6 Å². The zero-order valence-electron chi connectivity index (χ0n) is 15.6. The second kappa shape index (κ2) is 8.26. The van der Waals surface area contributed by atoms with Gasteiger partial charge in [-0.1, -0.05) is 11.8 Å². The number of carbonyl (C=O) groups is 1. The number of thioether (sulfide) groups is 1. The van der Waals surface area contributed by atoms with Crippen LogP contribution in [-0.4, -0.2) is 38.7 Å². The third-order valence-corrected chi connectivity index (χ3v) is 4.86. The molecule has 3 rings (SSSR count). The van der Waals surface area contributed by atoms with Crippen molar-refractivity contribution in [2.45, 2.75) is 32.0 Å². The van der Waals surface area contributed by atoms with Crippen molar-refractivity contribution in [2.75, 3.05) is 12.9 Å². The van der Waals surface area contributed by atoms with E-state index in [4.69, 9.17) is 9.15 Å². The van der Waals surface area contributed by atoms with Crippen LogP contribution in [0, 0.1) is 13.8 Å². The molecular formula is C18H21N5O3S. The highest BCUT2D eigenvalue weighted by molar-refractivity contribution is 7.99. The lowest BCUT2D eigenvalue weighted by Gasteiger charge is -2.14. The van der Waals surface area contributed by atoms with Gasteiger partial charge in [0.1, 0.15) is 5.75 Å². The average Bonchev–Trinajstić information content (AvgIpc) is 3.25. The van der Waals surface area contributed by atoms with E-state index in [1.807, 2.05) is 42.8 Å². The van der Waals surface area contributed by atoms with Gasteiger partial charge < -0.3 is 14.5 Å². The number of methoxy groups -OCH3 is 1. The number of nitrogens with zero attached hydrogens (tertiary/aromatic N) is 4. The van der Waals surface area contributed by atoms with Gasteiger partial charge in [0.15, 0.2) is 0 Å². The molecule has 1 aromatic carbocycles. The molecule has 142 valence electrons. The first-order valence-electron chi connectivity index (χ1n) is 8.39. The lowest BCUT2D eigenvalue weighted by molar-refractivity contribution is -0.119. The normalized spacial score (nSPS) is 12.0. The smallest absolute Gasteiger partial charge is 0.277 e. The highest BCUT2D eigenvalue weighted by Gasteiger charge is 2.17. The third kappa shape index (κ3) is 4.48. The lowest BCUT2D eigenvalue weighted by Crippen LogP contribution is -2.28. The maximum atomic E-state index is 12.2. The summed E-state index contributed by atoms with van der Waals surface area (Å²) in [6, 6.07) is 7.48. The van der Waals surface area contributed by atoms with E-state index in [1.54, 1.807) is 20.2 Å². The van der Waals surface area contributed by atoms with E-state index in [-0.39, 0.29) is 17.7 Å². The van der Waals surface area contributed by atoms with Gasteiger partial charge in [0.2, 0.25) is 11.8 Å². The second-order valence-electron chi connectivity index (χ2n) is 5.96. The van der Waals surface area contributed by atoms with Gasteiger partial charge in [0.25, 0.3) is 5.22 Å². The molecule has 0 aliphatic heterocycles. The summed E-state index contributed by atoms with van der Waals surface area (Å²) in [6.45, 7) is 5.62. The van der Waals surface area contributed by atoms with E-state index in [9.17, 15) is 4.79 Å². The Labute approximate surface area is 161 Å². The summed E-state index contributed by atoms with van der Waals surface area (Å²) in [4.78, 5) is 12.2. The number of hydrogen-bond acceptors (Lipinski definition) is 7. The molecule has 2 heterocycles. The van der Waals surface area contributed by atoms with E-state index in [2.05, 4.69) is 20.6 Å². The second-order valence-corrected chi connectivity index (χ2v) is 6.89. The van der Waals surface area contributed by atoms with Crippen molar-refractivity contribution in [3.8, 4) is 11.4 Å². The van der Waals surface area contributed by atoms with Gasteiger partial charge in [0, 0.05) is 18.2 Å². The number of rotatable bonds is 7. The average molecular weight is 387 g/mol. The SMILES string of the molecule is COc1ccc(-n2ncc(C(C)NC(=O)CSc3nnc(C)o3)c2C)cc1. The molecule has 0 bridgehead atoms. The molecule has 0 radical (unpaired) electrons. The quantitative estimate of drug-likeness (QED) is 0.623. The van der Waals surface area contributed by atoms with Crippen molar-refractivity contribution in [1.82, 2.24) is 25.3 Å². The highest BCUT2D eigenvalue weighted by atomic mass is 32.2. The highest BCUT2D eigenvalue weighted by Crippen LogP contribution is 2.22. The predicted octanol–water partition coefficient (Wildman–Crippen LogP) is 2.85. The van der Waals surface area contributed by atoms with Gasteiger partial charge in [0.05, 0.1) is 30.8 Å². The summed E-state index contributed by atoms with van der Waals surface area (Å²) in [5.74, 6) is 1.36. The molecule has 1 amide bonds. The van der Waals surface area contributed by atoms with Crippen LogP contribution in [0.2, 0.25) is 0 Å². The number of aryl methyl sites for hydroxylation is 1. The fraction of sp³-hybridized carbons (Fsp3) is 0.333. The van der Waals surface area contributed by atoms with Crippen molar-refractivity contribution in [3.63, 3.8) is 0 Å². The van der Waals surface area contributed by atoms with Gasteiger partial charge in [-0.05, 0) is 38.1 Å². The molecular weight excluding hydrogens is 366 g/mol. The van der Waals surface area contributed by atoms with Crippen LogP contribution in [0.3, 0.4) is 0 Å². The predicted molar refractivity (Wildman–Crippen MR) is 101 cm³/mol. The zero-order chi connectivity index (χ0) is 19.4. The fourth-order valence-corrected chi connectivity index (χ4v) is 3.27. The molecule has 3 aromatic rings. The molecule has 27 heavy (non-hydrogen) atoms. The Morgan fingerprint density at radius 1 is 1.30 bits per heavy atom. The van der Waals surface area contributed by atoms with E-state index >= 15 is 0 Å². The van der Waals surface area contributed by atoms with E-state index in [1.165, 1.54) is 11.8 Å². The largest absolute Gasteiger partial charge is 0.497 e. The van der Waals surface area contributed by atoms with Gasteiger partial charge in [-0.25, -0.2) is 4.68 Å². The molecule has 1 atom stereocenters. The molecule has 0 spiro atoms. The van der Waals surface area contributed by atoms with Crippen LogP contribution in [0.1, 0.15) is 30.1 Å². The fourth-order valence-electron chi connectivity index (χ4n) is 2.66. The number of ether oxygens (including phenoxy) is 1. The number of carbonyl (C=O) groups excluding carboxylic acids is 1. The van der Waals surface area contributed by atoms with Crippen LogP contribution in [0.4, 0.5) is 0 Å². The number of nitrogens with one attached hydrogen (secondary N) is 1. The minimum atomic E-state index is -0.172. The monoisotopic (exact) mass is 387 g/mol. The topological polar surface area (TPSA) is 95.1 Å². The Morgan fingerprint density at radius 3 is 2.67 bits per heavy atom. The first kappa shape index (κ1) is 19.0. The van der Waals surface area contributed by atoms with Crippen LogP contribution in [0.15, 0.2) is 40.1 Å². The summed E-state index contributed by atoms with van der Waals surface area (Å²) in [6.07, 6.45) is 1.78. The summed E-state index contributed by atoms with van der Waals surface area (Å²) in [5, 5.41) is 15.4. The molecule has 1 unspecified atom stereocenters. The first-order chi connectivity index (χ1) is 13.0.